The zero-order chi connectivity index (χ0) is 15.4. The average Bonchev–Trinajstić information content (AvgIpc) is 2.59. The van der Waals surface area contributed by atoms with Crippen LogP contribution in [0.25, 0.3) is 11.4 Å². The van der Waals surface area contributed by atoms with Gasteiger partial charge in [-0.3, -0.25) is 0 Å². The molecule has 1 aliphatic rings. The monoisotopic (exact) mass is 294 g/mol. The van der Waals surface area contributed by atoms with E-state index < -0.39 is 0 Å². The van der Waals surface area contributed by atoms with E-state index in [4.69, 9.17) is 4.98 Å². The Morgan fingerprint density at radius 3 is 2.68 bits per heavy atom. The predicted octanol–water partition coefficient (Wildman–Crippen LogP) is 5.00. The van der Waals surface area contributed by atoms with Crippen molar-refractivity contribution in [2.24, 2.45) is 5.92 Å². The molecule has 0 spiro atoms. The van der Waals surface area contributed by atoms with Gasteiger partial charge in [0.25, 0.3) is 0 Å². The molecule has 0 amide bonds. The second-order valence-corrected chi connectivity index (χ2v) is 6.47. The third kappa shape index (κ3) is 3.37. The van der Waals surface area contributed by atoms with Crippen LogP contribution in [0.3, 0.4) is 0 Å². The van der Waals surface area contributed by atoms with Crippen LogP contribution in [0.5, 0.6) is 0 Å². The smallest absolute Gasteiger partial charge is 0.159 e. The van der Waals surface area contributed by atoms with E-state index in [-0.39, 0.29) is 0 Å². The van der Waals surface area contributed by atoms with Crippen LogP contribution in [-0.2, 0) is 19.3 Å². The molecule has 0 saturated heterocycles. The van der Waals surface area contributed by atoms with Gasteiger partial charge in [0, 0.05) is 17.5 Å². The highest BCUT2D eigenvalue weighted by Crippen LogP contribution is 2.28. The van der Waals surface area contributed by atoms with Crippen molar-refractivity contribution in [2.45, 2.75) is 58.8 Å². The molecule has 0 N–H and O–H groups in total. The standard InChI is InChI=1S/C20H26N2/c1-3-5-6-16-9-12-19-18(13-16)14-21-20(22-19)17-10-7-15(4-2)8-11-17/h7-8,10-11,14,16H,3-6,9,12-13H2,1-2H3. The Morgan fingerprint density at radius 2 is 1.95 bits per heavy atom. The Balaban J connectivity index is 1.77. The lowest BCUT2D eigenvalue weighted by Crippen LogP contribution is -2.16. The largest absolute Gasteiger partial charge is 0.236 e. The third-order valence-electron chi connectivity index (χ3n) is 4.84. The molecule has 22 heavy (non-hydrogen) atoms. The van der Waals surface area contributed by atoms with E-state index in [0.29, 0.717) is 0 Å². The Morgan fingerprint density at radius 1 is 1.14 bits per heavy atom. The van der Waals surface area contributed by atoms with Crippen molar-refractivity contribution in [3.63, 3.8) is 0 Å². The summed E-state index contributed by atoms with van der Waals surface area (Å²) in [7, 11) is 0. The third-order valence-corrected chi connectivity index (χ3v) is 4.84. The Bertz CT molecular complexity index is 616. The first-order valence-corrected chi connectivity index (χ1v) is 8.74. The first-order valence-electron chi connectivity index (χ1n) is 8.74. The number of hydrogen-bond acceptors (Lipinski definition) is 2. The summed E-state index contributed by atoms with van der Waals surface area (Å²) in [6.45, 7) is 4.45. The van der Waals surface area contributed by atoms with Crippen LogP contribution in [0.2, 0.25) is 0 Å². The normalized spacial score (nSPS) is 17.3. The molecule has 2 heteroatoms. The highest BCUT2D eigenvalue weighted by Gasteiger charge is 2.20. The van der Waals surface area contributed by atoms with Crippen LogP contribution in [0.4, 0.5) is 0 Å². The first-order chi connectivity index (χ1) is 10.8. The molecule has 1 atom stereocenters. The van der Waals surface area contributed by atoms with Crippen molar-refractivity contribution in [3.05, 3.63) is 47.3 Å². The molecule has 0 radical (unpaired) electrons. The number of fused-ring (bicyclic) bond motifs is 1. The topological polar surface area (TPSA) is 25.8 Å². The summed E-state index contributed by atoms with van der Waals surface area (Å²) in [6.07, 6.45) is 10.7. The lowest BCUT2D eigenvalue weighted by atomic mass is 9.84. The molecule has 3 rings (SSSR count). The maximum absolute atomic E-state index is 4.84. The summed E-state index contributed by atoms with van der Waals surface area (Å²) in [5.41, 5.74) is 5.15. The number of unbranched alkanes of at least 4 members (excludes halogenated alkanes) is 1. The molecule has 0 bridgehead atoms. The molecule has 0 saturated carbocycles. The molecule has 1 heterocycles. The van der Waals surface area contributed by atoms with E-state index in [1.54, 1.807) is 0 Å². The molecule has 116 valence electrons. The molecule has 1 unspecified atom stereocenters. The predicted molar refractivity (Wildman–Crippen MR) is 91.9 cm³/mol. The molecule has 2 nitrogen and oxygen atoms in total. The molecule has 2 aromatic rings. The Kier molecular flexibility index (Phi) is 4.87. The maximum atomic E-state index is 4.84. The lowest BCUT2D eigenvalue weighted by Gasteiger charge is -2.23. The van der Waals surface area contributed by atoms with Gasteiger partial charge >= 0.3 is 0 Å². The van der Waals surface area contributed by atoms with Crippen molar-refractivity contribution >= 4 is 0 Å². The van der Waals surface area contributed by atoms with Gasteiger partial charge in [0.1, 0.15) is 0 Å². The van der Waals surface area contributed by atoms with Crippen LogP contribution < -0.4 is 0 Å². The van der Waals surface area contributed by atoms with Gasteiger partial charge in [-0.1, -0.05) is 57.4 Å². The number of rotatable bonds is 5. The molecule has 0 aliphatic heterocycles. The first kappa shape index (κ1) is 15.2. The van der Waals surface area contributed by atoms with Crippen molar-refractivity contribution < 1.29 is 0 Å². The number of nitrogens with zero attached hydrogens (tertiary/aromatic N) is 2. The number of aryl methyl sites for hydroxylation is 2. The van der Waals surface area contributed by atoms with Gasteiger partial charge in [0.2, 0.25) is 0 Å². The minimum absolute atomic E-state index is 0.839. The van der Waals surface area contributed by atoms with Gasteiger partial charge < -0.3 is 0 Å². The highest BCUT2D eigenvalue weighted by molar-refractivity contribution is 5.55. The van der Waals surface area contributed by atoms with Crippen LogP contribution in [0, 0.1) is 5.92 Å². The minimum Gasteiger partial charge on any atom is -0.236 e. The molecule has 1 aromatic carbocycles. The number of hydrogen-bond donors (Lipinski definition) is 0. The second kappa shape index (κ2) is 7.04. The summed E-state index contributed by atoms with van der Waals surface area (Å²) in [5, 5.41) is 0. The zero-order valence-corrected chi connectivity index (χ0v) is 13.8. The molecule has 1 aliphatic carbocycles. The van der Waals surface area contributed by atoms with Crippen molar-refractivity contribution in [1.82, 2.24) is 9.97 Å². The summed E-state index contributed by atoms with van der Waals surface area (Å²) in [4.78, 5) is 9.46. The molecule has 0 fully saturated rings. The summed E-state index contributed by atoms with van der Waals surface area (Å²) in [6, 6.07) is 8.65. The second-order valence-electron chi connectivity index (χ2n) is 6.47. The fraction of sp³-hybridized carbons (Fsp3) is 0.500. The Labute approximate surface area is 134 Å². The number of benzene rings is 1. The van der Waals surface area contributed by atoms with Gasteiger partial charge in [-0.05, 0) is 42.7 Å². The van der Waals surface area contributed by atoms with Crippen molar-refractivity contribution in [1.29, 1.82) is 0 Å². The Hall–Kier alpha value is -1.70. The summed E-state index contributed by atoms with van der Waals surface area (Å²) < 4.78 is 0. The quantitative estimate of drug-likeness (QED) is 0.775. The van der Waals surface area contributed by atoms with Gasteiger partial charge in [-0.25, -0.2) is 9.97 Å². The van der Waals surface area contributed by atoms with E-state index in [0.717, 1.165) is 30.1 Å². The van der Waals surface area contributed by atoms with Gasteiger partial charge in [0.05, 0.1) is 0 Å². The van der Waals surface area contributed by atoms with Gasteiger partial charge in [0.15, 0.2) is 5.82 Å². The van der Waals surface area contributed by atoms with Crippen LogP contribution in [-0.4, -0.2) is 9.97 Å². The molecule has 1 aromatic heterocycles. The van der Waals surface area contributed by atoms with E-state index in [2.05, 4.69) is 49.3 Å². The van der Waals surface area contributed by atoms with Gasteiger partial charge in [-0.15, -0.1) is 0 Å². The number of aromatic nitrogens is 2. The average molecular weight is 294 g/mol. The summed E-state index contributed by atoms with van der Waals surface area (Å²) >= 11 is 0. The van der Waals surface area contributed by atoms with Crippen LogP contribution in [0.1, 0.15) is 56.4 Å². The van der Waals surface area contributed by atoms with Gasteiger partial charge in [-0.2, -0.15) is 0 Å². The highest BCUT2D eigenvalue weighted by atomic mass is 14.9. The lowest BCUT2D eigenvalue weighted by molar-refractivity contribution is 0.408. The van der Waals surface area contributed by atoms with Crippen LogP contribution >= 0.6 is 0 Å². The molecular weight excluding hydrogens is 268 g/mol. The van der Waals surface area contributed by atoms with Crippen molar-refractivity contribution in [3.8, 4) is 11.4 Å². The van der Waals surface area contributed by atoms with E-state index >= 15 is 0 Å². The van der Waals surface area contributed by atoms with E-state index in [1.807, 2.05) is 0 Å². The minimum atomic E-state index is 0.839. The van der Waals surface area contributed by atoms with Crippen molar-refractivity contribution in [2.75, 3.05) is 0 Å². The summed E-state index contributed by atoms with van der Waals surface area (Å²) in [5.74, 6) is 1.72. The fourth-order valence-corrected chi connectivity index (χ4v) is 3.35. The van der Waals surface area contributed by atoms with Crippen LogP contribution in [0.15, 0.2) is 30.5 Å². The van der Waals surface area contributed by atoms with E-state index in [9.17, 15) is 0 Å². The van der Waals surface area contributed by atoms with E-state index in [1.165, 1.54) is 48.9 Å². The maximum Gasteiger partial charge on any atom is 0.159 e. The fourth-order valence-electron chi connectivity index (χ4n) is 3.35. The zero-order valence-electron chi connectivity index (χ0n) is 13.8. The SMILES string of the molecule is CCCCC1CCc2nc(-c3ccc(CC)cc3)ncc2C1. The molecular formula is C20H26N2.